The van der Waals surface area contributed by atoms with Gasteiger partial charge in [0.15, 0.2) is 0 Å². The lowest BCUT2D eigenvalue weighted by Gasteiger charge is -2.28. The molecule has 0 amide bonds. The van der Waals surface area contributed by atoms with Gasteiger partial charge < -0.3 is 4.90 Å². The molecule has 0 atom stereocenters. The first-order chi connectivity index (χ1) is 7.43. The van der Waals surface area contributed by atoms with E-state index in [1.54, 1.807) is 12.5 Å². The summed E-state index contributed by atoms with van der Waals surface area (Å²) in [6, 6.07) is 0. The van der Waals surface area contributed by atoms with Crippen LogP contribution in [-0.2, 0) is 6.42 Å². The fourth-order valence-electron chi connectivity index (χ4n) is 2.24. The second-order valence-electron chi connectivity index (χ2n) is 4.11. The van der Waals surface area contributed by atoms with Gasteiger partial charge in [-0.05, 0) is 19.3 Å². The molecular weight excluding hydrogens is 188 g/mol. The van der Waals surface area contributed by atoms with Crippen LogP contribution >= 0.6 is 0 Å². The molecule has 15 heavy (non-hydrogen) atoms. The van der Waals surface area contributed by atoms with Gasteiger partial charge in [0, 0.05) is 13.1 Å². The summed E-state index contributed by atoms with van der Waals surface area (Å²) in [6.45, 7) is 2.31. The highest BCUT2D eigenvalue weighted by Gasteiger charge is 2.21. The average Bonchev–Trinajstić information content (AvgIpc) is 2.74. The van der Waals surface area contributed by atoms with Crippen LogP contribution in [0, 0.1) is 0 Å². The quantitative estimate of drug-likeness (QED) is 0.641. The topological polar surface area (TPSA) is 41.4 Å². The van der Waals surface area contributed by atoms with Gasteiger partial charge in [-0.15, -0.1) is 0 Å². The summed E-state index contributed by atoms with van der Waals surface area (Å²) in [5, 5.41) is 0. The van der Waals surface area contributed by atoms with Crippen molar-refractivity contribution in [2.45, 2.75) is 25.7 Å². The third kappa shape index (κ3) is 1.60. The largest absolute Gasteiger partial charge is 0.360 e. The lowest BCUT2D eigenvalue weighted by molar-refractivity contribution is 0.339. The van der Waals surface area contributed by atoms with Crippen molar-refractivity contribution in [1.82, 2.24) is 14.9 Å². The summed E-state index contributed by atoms with van der Waals surface area (Å²) >= 11 is 0. The number of amidine groups is 1. The van der Waals surface area contributed by atoms with Crippen LogP contribution in [0.15, 0.2) is 17.5 Å². The minimum Gasteiger partial charge on any atom is -0.360 e. The van der Waals surface area contributed by atoms with Gasteiger partial charge in [0.1, 0.15) is 17.9 Å². The van der Waals surface area contributed by atoms with Crippen molar-refractivity contribution in [3.8, 4) is 0 Å². The number of nitrogens with zero attached hydrogens (tertiary/aromatic N) is 4. The van der Waals surface area contributed by atoms with Crippen LogP contribution in [0.1, 0.15) is 25.0 Å². The first-order valence-electron chi connectivity index (χ1n) is 5.55. The van der Waals surface area contributed by atoms with Gasteiger partial charge in [-0.25, -0.2) is 15.0 Å². The zero-order valence-corrected chi connectivity index (χ0v) is 8.69. The fourth-order valence-corrected chi connectivity index (χ4v) is 2.24. The molecule has 1 saturated heterocycles. The normalized spacial score (nSPS) is 20.0. The van der Waals surface area contributed by atoms with Crippen LogP contribution in [0.25, 0.3) is 0 Å². The lowest BCUT2D eigenvalue weighted by atomic mass is 10.1. The Labute approximate surface area is 89.1 Å². The molecule has 0 bridgehead atoms. The predicted octanol–water partition coefficient (Wildman–Crippen LogP) is 1.55. The first-order valence-corrected chi connectivity index (χ1v) is 5.55. The molecule has 0 spiro atoms. The van der Waals surface area contributed by atoms with E-state index in [0.29, 0.717) is 0 Å². The standard InChI is InChI=1S/C11H14N4/c1-2-4-15(5-3-1)11-6-9-10(14-11)7-12-8-13-9/h7-8H,1-6H2. The van der Waals surface area contributed by atoms with Gasteiger partial charge in [0.2, 0.25) is 0 Å². The molecule has 0 unspecified atom stereocenters. The monoisotopic (exact) mass is 202 g/mol. The number of fused-ring (bicyclic) bond motifs is 1. The maximum atomic E-state index is 4.59. The maximum Gasteiger partial charge on any atom is 0.115 e. The fraction of sp³-hybridized carbons (Fsp3) is 0.545. The number of hydrogen-bond acceptors (Lipinski definition) is 4. The Morgan fingerprint density at radius 2 is 2.00 bits per heavy atom. The highest BCUT2D eigenvalue weighted by Crippen LogP contribution is 2.25. The predicted molar refractivity (Wildman–Crippen MR) is 58.3 cm³/mol. The molecular formula is C11H14N4. The van der Waals surface area contributed by atoms with Gasteiger partial charge in [0.25, 0.3) is 0 Å². The van der Waals surface area contributed by atoms with E-state index in [4.69, 9.17) is 0 Å². The van der Waals surface area contributed by atoms with E-state index < -0.39 is 0 Å². The summed E-state index contributed by atoms with van der Waals surface area (Å²) in [7, 11) is 0. The van der Waals surface area contributed by atoms with Crippen LogP contribution in [0.5, 0.6) is 0 Å². The number of rotatable bonds is 0. The summed E-state index contributed by atoms with van der Waals surface area (Å²) in [5.74, 6) is 1.19. The Bertz CT molecular complexity index is 393. The maximum absolute atomic E-state index is 4.59. The molecule has 1 fully saturated rings. The Balaban J connectivity index is 1.81. The van der Waals surface area contributed by atoms with Gasteiger partial charge >= 0.3 is 0 Å². The van der Waals surface area contributed by atoms with E-state index in [0.717, 1.165) is 30.9 Å². The minimum absolute atomic E-state index is 0.887. The SMILES string of the molecule is c1ncc2c(n1)CC(N1CCCCC1)=N2. The highest BCUT2D eigenvalue weighted by atomic mass is 15.2. The molecule has 3 heterocycles. The molecule has 0 saturated carbocycles. The molecule has 0 aliphatic carbocycles. The summed E-state index contributed by atoms with van der Waals surface area (Å²) in [5.41, 5.74) is 2.03. The Kier molecular flexibility index (Phi) is 2.12. The number of hydrogen-bond donors (Lipinski definition) is 0. The third-order valence-corrected chi connectivity index (χ3v) is 3.07. The summed E-state index contributed by atoms with van der Waals surface area (Å²) < 4.78 is 0. The molecule has 2 aliphatic rings. The van der Waals surface area contributed by atoms with Crippen LogP contribution < -0.4 is 0 Å². The van der Waals surface area contributed by atoms with Gasteiger partial charge in [0.05, 0.1) is 18.3 Å². The van der Waals surface area contributed by atoms with Crippen LogP contribution in [-0.4, -0.2) is 33.8 Å². The van der Waals surface area contributed by atoms with E-state index in [2.05, 4.69) is 19.9 Å². The number of likely N-dealkylation sites (tertiary alicyclic amines) is 1. The van der Waals surface area contributed by atoms with Gasteiger partial charge in [-0.3, -0.25) is 0 Å². The average molecular weight is 202 g/mol. The zero-order chi connectivity index (χ0) is 10.1. The summed E-state index contributed by atoms with van der Waals surface area (Å²) in [6.07, 6.45) is 8.24. The first kappa shape index (κ1) is 8.83. The van der Waals surface area contributed by atoms with Crippen LogP contribution in [0.3, 0.4) is 0 Å². The highest BCUT2D eigenvalue weighted by molar-refractivity contribution is 5.91. The second kappa shape index (κ2) is 3.61. The van der Waals surface area contributed by atoms with E-state index in [1.807, 2.05) is 0 Å². The van der Waals surface area contributed by atoms with Crippen molar-refractivity contribution < 1.29 is 0 Å². The number of piperidine rings is 1. The van der Waals surface area contributed by atoms with Gasteiger partial charge in [-0.1, -0.05) is 0 Å². The van der Waals surface area contributed by atoms with Crippen LogP contribution in [0.2, 0.25) is 0 Å². The Morgan fingerprint density at radius 3 is 2.80 bits per heavy atom. The molecule has 4 nitrogen and oxygen atoms in total. The molecule has 2 aliphatic heterocycles. The third-order valence-electron chi connectivity index (χ3n) is 3.07. The van der Waals surface area contributed by atoms with Crippen molar-refractivity contribution in [1.29, 1.82) is 0 Å². The number of aromatic nitrogens is 2. The molecule has 0 aromatic carbocycles. The Hall–Kier alpha value is -1.45. The van der Waals surface area contributed by atoms with Gasteiger partial charge in [-0.2, -0.15) is 0 Å². The van der Waals surface area contributed by atoms with E-state index in [-0.39, 0.29) is 0 Å². The molecule has 0 N–H and O–H groups in total. The van der Waals surface area contributed by atoms with Crippen molar-refractivity contribution in [2.75, 3.05) is 13.1 Å². The molecule has 0 radical (unpaired) electrons. The van der Waals surface area contributed by atoms with Crippen molar-refractivity contribution >= 4 is 11.5 Å². The molecule has 3 rings (SSSR count). The summed E-state index contributed by atoms with van der Waals surface area (Å²) in [4.78, 5) is 15.2. The van der Waals surface area contributed by atoms with Crippen molar-refractivity contribution in [3.63, 3.8) is 0 Å². The zero-order valence-electron chi connectivity index (χ0n) is 8.69. The lowest BCUT2D eigenvalue weighted by Crippen LogP contribution is -2.35. The minimum atomic E-state index is 0.887. The van der Waals surface area contributed by atoms with E-state index in [9.17, 15) is 0 Å². The molecule has 1 aromatic heterocycles. The second-order valence-corrected chi connectivity index (χ2v) is 4.11. The van der Waals surface area contributed by atoms with Crippen molar-refractivity contribution in [3.05, 3.63) is 18.2 Å². The van der Waals surface area contributed by atoms with Crippen molar-refractivity contribution in [2.24, 2.45) is 4.99 Å². The van der Waals surface area contributed by atoms with Crippen LogP contribution in [0.4, 0.5) is 5.69 Å². The van der Waals surface area contributed by atoms with E-state index in [1.165, 1.54) is 25.1 Å². The van der Waals surface area contributed by atoms with E-state index >= 15 is 0 Å². The molecule has 1 aromatic rings. The number of aliphatic imine (C=N–C) groups is 1. The smallest absolute Gasteiger partial charge is 0.115 e. The molecule has 78 valence electrons. The molecule has 4 heteroatoms. The Morgan fingerprint density at radius 1 is 1.13 bits per heavy atom.